The number of hydrogen-bond acceptors (Lipinski definition) is 3. The van der Waals surface area contributed by atoms with Crippen molar-refractivity contribution >= 4 is 5.96 Å². The van der Waals surface area contributed by atoms with Crippen molar-refractivity contribution in [2.45, 2.75) is 63.6 Å². The number of ether oxygens (including phenoxy) is 2. The fourth-order valence-electron chi connectivity index (χ4n) is 3.34. The first-order valence-corrected chi connectivity index (χ1v) is 8.70. The number of fused-ring (bicyclic) bond motifs is 1. The second-order valence-corrected chi connectivity index (χ2v) is 6.91. The molecule has 0 bridgehead atoms. The van der Waals surface area contributed by atoms with E-state index in [2.05, 4.69) is 29.4 Å². The van der Waals surface area contributed by atoms with Crippen LogP contribution in [0.4, 0.5) is 0 Å². The molecule has 2 aliphatic carbocycles. The molecule has 4 rings (SSSR count). The van der Waals surface area contributed by atoms with Crippen LogP contribution in [-0.2, 0) is 6.42 Å². The number of aliphatic imine (C=N–C) groups is 1. The highest BCUT2D eigenvalue weighted by atomic mass is 16.5. The maximum atomic E-state index is 5.98. The molecule has 3 aliphatic rings. The minimum atomic E-state index is 0.251. The van der Waals surface area contributed by atoms with Crippen LogP contribution in [-0.4, -0.2) is 30.8 Å². The van der Waals surface area contributed by atoms with E-state index in [9.17, 15) is 0 Å². The zero-order chi connectivity index (χ0) is 16.0. The van der Waals surface area contributed by atoms with E-state index < -0.39 is 0 Å². The van der Waals surface area contributed by atoms with E-state index in [1.807, 2.05) is 6.92 Å². The second kappa shape index (κ2) is 5.62. The summed E-state index contributed by atoms with van der Waals surface area (Å²) in [5.74, 6) is 2.97. The summed E-state index contributed by atoms with van der Waals surface area (Å²) in [6.07, 6.45) is 4.65. The van der Waals surface area contributed by atoms with Crippen LogP contribution >= 0.6 is 0 Å². The lowest BCUT2D eigenvalue weighted by Crippen LogP contribution is -2.33. The van der Waals surface area contributed by atoms with Crippen molar-refractivity contribution in [3.8, 4) is 11.5 Å². The van der Waals surface area contributed by atoms with Crippen molar-refractivity contribution in [2.75, 3.05) is 6.61 Å². The van der Waals surface area contributed by atoms with Gasteiger partial charge in [0.2, 0.25) is 0 Å². The molecule has 0 saturated heterocycles. The van der Waals surface area contributed by atoms with E-state index in [4.69, 9.17) is 15.2 Å². The molecule has 124 valence electrons. The molecule has 3 N–H and O–H groups in total. The van der Waals surface area contributed by atoms with E-state index in [1.54, 1.807) is 0 Å². The van der Waals surface area contributed by atoms with Gasteiger partial charge in [0.05, 0.1) is 12.6 Å². The first-order chi connectivity index (χ1) is 11.1. The van der Waals surface area contributed by atoms with Gasteiger partial charge in [-0.1, -0.05) is 0 Å². The van der Waals surface area contributed by atoms with E-state index in [0.29, 0.717) is 24.5 Å². The average Bonchev–Trinajstić information content (AvgIpc) is 3.40. The first kappa shape index (κ1) is 14.7. The number of nitrogens with zero attached hydrogens (tertiary/aromatic N) is 1. The predicted molar refractivity (Wildman–Crippen MR) is 90.3 cm³/mol. The third kappa shape index (κ3) is 3.09. The predicted octanol–water partition coefficient (Wildman–Crippen LogP) is 2.33. The van der Waals surface area contributed by atoms with Gasteiger partial charge in [-0.3, -0.25) is 0 Å². The number of rotatable bonds is 5. The van der Waals surface area contributed by atoms with Crippen molar-refractivity contribution < 1.29 is 9.47 Å². The summed E-state index contributed by atoms with van der Waals surface area (Å²) < 4.78 is 11.8. The lowest BCUT2D eigenvalue weighted by Gasteiger charge is -2.12. The highest BCUT2D eigenvalue weighted by Gasteiger charge is 2.41. The molecule has 1 aromatic rings. The van der Waals surface area contributed by atoms with E-state index >= 15 is 0 Å². The molecule has 3 atom stereocenters. The number of nitrogens with two attached hydrogens (primary N) is 1. The Bertz CT molecular complexity index is 639. The molecule has 1 heterocycles. The molecule has 0 amide bonds. The lowest BCUT2D eigenvalue weighted by atomic mass is 10.0. The van der Waals surface area contributed by atoms with Gasteiger partial charge in [-0.25, -0.2) is 4.99 Å². The molecule has 5 heteroatoms. The van der Waals surface area contributed by atoms with Gasteiger partial charge in [-0.15, -0.1) is 0 Å². The number of nitrogens with one attached hydrogen (secondary N) is 1. The molecule has 2 saturated carbocycles. The summed E-state index contributed by atoms with van der Waals surface area (Å²) in [5, 5.41) is 3.26. The van der Waals surface area contributed by atoms with Gasteiger partial charge >= 0.3 is 0 Å². The van der Waals surface area contributed by atoms with Crippen LogP contribution in [0.1, 0.15) is 50.2 Å². The maximum absolute atomic E-state index is 5.98. The maximum Gasteiger partial charge on any atom is 0.189 e. The van der Waals surface area contributed by atoms with Crippen molar-refractivity contribution in [1.29, 1.82) is 0 Å². The van der Waals surface area contributed by atoms with Crippen LogP contribution in [0.5, 0.6) is 11.5 Å². The minimum absolute atomic E-state index is 0.251. The van der Waals surface area contributed by atoms with E-state index in [0.717, 1.165) is 24.3 Å². The van der Waals surface area contributed by atoms with Crippen LogP contribution in [0.15, 0.2) is 17.1 Å². The Hall–Kier alpha value is -1.91. The van der Waals surface area contributed by atoms with Crippen molar-refractivity contribution in [3.63, 3.8) is 0 Å². The topological polar surface area (TPSA) is 68.9 Å². The third-order valence-electron chi connectivity index (χ3n) is 4.72. The van der Waals surface area contributed by atoms with Crippen molar-refractivity contribution in [2.24, 2.45) is 10.7 Å². The molecule has 0 radical (unpaired) electrons. The Morgan fingerprint density at radius 1 is 1.43 bits per heavy atom. The van der Waals surface area contributed by atoms with Gasteiger partial charge < -0.3 is 20.5 Å². The molecular formula is C18H25N3O2. The van der Waals surface area contributed by atoms with Crippen LogP contribution in [0.3, 0.4) is 0 Å². The molecule has 5 nitrogen and oxygen atoms in total. The van der Waals surface area contributed by atoms with Gasteiger partial charge in [0.25, 0.3) is 0 Å². The summed E-state index contributed by atoms with van der Waals surface area (Å²) >= 11 is 0. The van der Waals surface area contributed by atoms with Gasteiger partial charge in [-0.2, -0.15) is 0 Å². The minimum Gasteiger partial charge on any atom is -0.494 e. The van der Waals surface area contributed by atoms with Crippen molar-refractivity contribution in [3.05, 3.63) is 23.3 Å². The molecule has 1 aromatic carbocycles. The van der Waals surface area contributed by atoms with Gasteiger partial charge in [0.15, 0.2) is 5.96 Å². The molecule has 0 aromatic heterocycles. The molecule has 2 fully saturated rings. The van der Waals surface area contributed by atoms with Crippen LogP contribution in [0.2, 0.25) is 0 Å². The number of guanidine groups is 1. The van der Waals surface area contributed by atoms with Crippen LogP contribution < -0.4 is 20.5 Å². The van der Waals surface area contributed by atoms with Crippen LogP contribution in [0, 0.1) is 0 Å². The first-order valence-electron chi connectivity index (χ1n) is 8.70. The summed E-state index contributed by atoms with van der Waals surface area (Å²) in [6, 6.07) is 5.12. The molecule has 3 unspecified atom stereocenters. The second-order valence-electron chi connectivity index (χ2n) is 6.91. The lowest BCUT2D eigenvalue weighted by molar-refractivity contribution is 0.254. The normalized spacial score (nSPS) is 29.0. The highest BCUT2D eigenvalue weighted by Crippen LogP contribution is 2.49. The van der Waals surface area contributed by atoms with Gasteiger partial charge in [0.1, 0.15) is 17.6 Å². The smallest absolute Gasteiger partial charge is 0.189 e. The van der Waals surface area contributed by atoms with Crippen molar-refractivity contribution in [1.82, 2.24) is 5.32 Å². The zero-order valence-electron chi connectivity index (χ0n) is 13.8. The molecule has 23 heavy (non-hydrogen) atoms. The molecule has 1 aliphatic heterocycles. The average molecular weight is 315 g/mol. The Morgan fingerprint density at radius 3 is 3.00 bits per heavy atom. The Morgan fingerprint density at radius 2 is 2.26 bits per heavy atom. The monoisotopic (exact) mass is 315 g/mol. The summed E-state index contributed by atoms with van der Waals surface area (Å²) in [6.45, 7) is 4.80. The largest absolute Gasteiger partial charge is 0.494 e. The SMILES string of the molecule is CCOc1cc2c(cc1C1CC1N=C(N)NC1CC1)OC(C)C2. The zero-order valence-corrected chi connectivity index (χ0v) is 13.8. The Balaban J connectivity index is 1.53. The number of hydrogen-bond donors (Lipinski definition) is 2. The Kier molecular flexibility index (Phi) is 3.58. The standard InChI is InChI=1S/C18H25N3O2/c1-3-22-17-7-11-6-10(2)23-16(11)9-14(17)13-8-15(13)21-18(19)20-12-4-5-12/h7,9-10,12-13,15H,3-6,8H2,1-2H3,(H3,19,20,21). The fourth-order valence-corrected chi connectivity index (χ4v) is 3.34. The Labute approximate surface area is 137 Å². The quantitative estimate of drug-likeness (QED) is 0.646. The third-order valence-corrected chi connectivity index (χ3v) is 4.72. The van der Waals surface area contributed by atoms with Crippen LogP contribution in [0.25, 0.3) is 0 Å². The fraction of sp³-hybridized carbons (Fsp3) is 0.611. The number of benzene rings is 1. The summed E-state index contributed by atoms with van der Waals surface area (Å²) in [5.41, 5.74) is 8.45. The molecule has 0 spiro atoms. The molecular weight excluding hydrogens is 290 g/mol. The summed E-state index contributed by atoms with van der Waals surface area (Å²) in [7, 11) is 0. The summed E-state index contributed by atoms with van der Waals surface area (Å²) in [4.78, 5) is 4.62. The van der Waals surface area contributed by atoms with E-state index in [-0.39, 0.29) is 12.1 Å². The highest BCUT2D eigenvalue weighted by molar-refractivity contribution is 5.79. The van der Waals surface area contributed by atoms with E-state index in [1.165, 1.54) is 24.0 Å². The van der Waals surface area contributed by atoms with Gasteiger partial charge in [-0.05, 0) is 45.2 Å². The van der Waals surface area contributed by atoms with Gasteiger partial charge in [0, 0.05) is 29.5 Å².